The number of hydroxylamine groups is 2. The quantitative estimate of drug-likeness (QED) is 0.299. The maximum Gasteiger partial charge on any atom is 0.434 e. The second-order valence-corrected chi connectivity index (χ2v) is 8.38. The zero-order valence-electron chi connectivity index (χ0n) is 19.2. The molecule has 8 nitrogen and oxygen atoms in total. The first-order chi connectivity index (χ1) is 15.9. The van der Waals surface area contributed by atoms with Gasteiger partial charge in [-0.25, -0.2) is 14.5 Å². The minimum absolute atomic E-state index is 0.213. The number of carbonyl (C=O) groups is 1. The summed E-state index contributed by atoms with van der Waals surface area (Å²) >= 11 is 6.27. The molecule has 0 bridgehead atoms. The third kappa shape index (κ3) is 6.24. The first kappa shape index (κ1) is 24.5. The molecule has 0 radical (unpaired) electrons. The third-order valence-corrected chi connectivity index (χ3v) is 5.79. The Bertz CT molecular complexity index is 997. The van der Waals surface area contributed by atoms with Crippen molar-refractivity contribution in [2.24, 2.45) is 5.41 Å². The molecule has 0 N–H and O–H groups in total. The molecule has 0 fully saturated rings. The molecule has 0 saturated heterocycles. The summed E-state index contributed by atoms with van der Waals surface area (Å²) in [5.41, 5.74) is 1.50. The van der Waals surface area contributed by atoms with Crippen molar-refractivity contribution in [3.8, 4) is 16.9 Å². The van der Waals surface area contributed by atoms with E-state index in [2.05, 4.69) is 10.1 Å². The van der Waals surface area contributed by atoms with Gasteiger partial charge in [0.25, 0.3) is 0 Å². The summed E-state index contributed by atoms with van der Waals surface area (Å²) in [7, 11) is 1.49. The molecule has 176 valence electrons. The minimum atomic E-state index is -0.817. The van der Waals surface area contributed by atoms with Gasteiger partial charge in [-0.1, -0.05) is 56.3 Å². The van der Waals surface area contributed by atoms with Crippen LogP contribution < -0.4 is 4.74 Å². The van der Waals surface area contributed by atoms with Crippen LogP contribution in [0.1, 0.15) is 27.0 Å². The highest BCUT2D eigenvalue weighted by Crippen LogP contribution is 2.35. The molecule has 3 aromatic rings. The van der Waals surface area contributed by atoms with Crippen LogP contribution >= 0.6 is 11.6 Å². The van der Waals surface area contributed by atoms with Crippen LogP contribution in [0.4, 0.5) is 4.79 Å². The van der Waals surface area contributed by atoms with Crippen molar-refractivity contribution < 1.29 is 19.1 Å². The second-order valence-electron chi connectivity index (χ2n) is 8.12. The second kappa shape index (κ2) is 11.2. The fraction of sp³-hybridized carbons (Fsp3) is 0.375. The number of aromatic nitrogens is 3. The van der Waals surface area contributed by atoms with E-state index in [1.807, 2.05) is 68.4 Å². The highest BCUT2D eigenvalue weighted by atomic mass is 35.5. The van der Waals surface area contributed by atoms with Crippen LogP contribution in [0.25, 0.3) is 11.1 Å². The first-order valence-electron chi connectivity index (χ1n) is 10.6. The van der Waals surface area contributed by atoms with Crippen molar-refractivity contribution >= 4 is 17.7 Å². The van der Waals surface area contributed by atoms with Crippen molar-refractivity contribution in [3.05, 3.63) is 67.3 Å². The van der Waals surface area contributed by atoms with E-state index >= 15 is 0 Å². The number of hydrogen-bond acceptors (Lipinski definition) is 6. The number of amides is 1. The van der Waals surface area contributed by atoms with Crippen LogP contribution in [-0.4, -0.2) is 51.6 Å². The zero-order chi connectivity index (χ0) is 23.8. The zero-order valence-corrected chi connectivity index (χ0v) is 20.0. The lowest BCUT2D eigenvalue weighted by molar-refractivity contribution is -0.146. The van der Waals surface area contributed by atoms with E-state index in [9.17, 15) is 4.79 Å². The molecule has 2 atom stereocenters. The lowest BCUT2D eigenvalue weighted by Crippen LogP contribution is -2.46. The van der Waals surface area contributed by atoms with Gasteiger partial charge in [-0.15, -0.1) is 11.6 Å². The van der Waals surface area contributed by atoms with Crippen LogP contribution in [0.3, 0.4) is 0 Å². The molecule has 0 saturated carbocycles. The van der Waals surface area contributed by atoms with Gasteiger partial charge in [0, 0.05) is 18.3 Å². The van der Waals surface area contributed by atoms with Gasteiger partial charge in [0.05, 0.1) is 6.61 Å². The van der Waals surface area contributed by atoms with Crippen LogP contribution in [-0.2, 0) is 9.57 Å². The monoisotopic (exact) mass is 472 g/mol. The van der Waals surface area contributed by atoms with Gasteiger partial charge in [0.1, 0.15) is 18.4 Å². The molecule has 1 aromatic heterocycles. The molecule has 0 aliphatic heterocycles. The number of benzene rings is 2. The van der Waals surface area contributed by atoms with Crippen LogP contribution in [0.15, 0.2) is 67.3 Å². The fourth-order valence-electron chi connectivity index (χ4n) is 3.21. The Labute approximate surface area is 199 Å². The Kier molecular flexibility index (Phi) is 8.30. The van der Waals surface area contributed by atoms with Crippen molar-refractivity contribution in [1.82, 2.24) is 19.8 Å². The number of alkyl halides is 1. The molecular weight excluding hydrogens is 444 g/mol. The third-order valence-electron chi connectivity index (χ3n) is 5.10. The summed E-state index contributed by atoms with van der Waals surface area (Å²) < 4.78 is 13.7. The van der Waals surface area contributed by atoms with Gasteiger partial charge in [-0.05, 0) is 30.2 Å². The molecule has 9 heteroatoms. The van der Waals surface area contributed by atoms with Gasteiger partial charge in [0.2, 0.25) is 6.23 Å². The van der Waals surface area contributed by atoms with Crippen molar-refractivity contribution in [1.29, 1.82) is 0 Å². The molecule has 33 heavy (non-hydrogen) atoms. The van der Waals surface area contributed by atoms with E-state index in [4.69, 9.17) is 25.9 Å². The number of nitrogens with zero attached hydrogens (tertiary/aromatic N) is 4. The van der Waals surface area contributed by atoms with Gasteiger partial charge < -0.3 is 9.47 Å². The smallest absolute Gasteiger partial charge is 0.434 e. The molecule has 1 heterocycles. The fourth-order valence-corrected chi connectivity index (χ4v) is 3.36. The topological polar surface area (TPSA) is 78.7 Å². The Hall–Kier alpha value is -3.10. The molecule has 0 aliphatic carbocycles. The molecule has 2 aromatic carbocycles. The maximum absolute atomic E-state index is 12.7. The van der Waals surface area contributed by atoms with Crippen LogP contribution in [0.2, 0.25) is 0 Å². The summed E-state index contributed by atoms with van der Waals surface area (Å²) in [6.45, 7) is 5.89. The lowest BCUT2D eigenvalue weighted by atomic mass is 9.87. The Morgan fingerprint density at radius 1 is 1.12 bits per heavy atom. The predicted octanol–water partition coefficient (Wildman–Crippen LogP) is 5.18. The number of halogens is 1. The average molecular weight is 473 g/mol. The summed E-state index contributed by atoms with van der Waals surface area (Å²) in [4.78, 5) is 21.9. The van der Waals surface area contributed by atoms with Crippen molar-refractivity contribution in [2.75, 3.05) is 19.5 Å². The van der Waals surface area contributed by atoms with E-state index in [0.717, 1.165) is 16.2 Å². The van der Waals surface area contributed by atoms with Crippen molar-refractivity contribution in [3.63, 3.8) is 0 Å². The standard InChI is InChI=1S/C24H29ClN4O4/c1-5-31-28(4)23(30)33-21(24(2,3)15-25)22(29-17-26-16-27-29)32-20-13-11-19(12-14-20)18-9-7-6-8-10-18/h6-14,16-17,21-22H,5,15H2,1-4H3. The largest absolute Gasteiger partial charge is 0.465 e. The molecule has 2 unspecified atom stereocenters. The van der Waals surface area contributed by atoms with Gasteiger partial charge in [-0.3, -0.25) is 4.84 Å². The summed E-state index contributed by atoms with van der Waals surface area (Å²) in [5, 5.41) is 5.28. The molecule has 0 aliphatic rings. The van der Waals surface area contributed by atoms with Gasteiger partial charge >= 0.3 is 6.09 Å². The maximum atomic E-state index is 12.7. The Balaban J connectivity index is 1.90. The normalized spacial score (nSPS) is 13.2. The van der Waals surface area contributed by atoms with Gasteiger partial charge in [0.15, 0.2) is 6.10 Å². The summed E-state index contributed by atoms with van der Waals surface area (Å²) in [6.07, 6.45) is 0.630. The van der Waals surface area contributed by atoms with E-state index in [0.29, 0.717) is 12.4 Å². The van der Waals surface area contributed by atoms with E-state index in [-0.39, 0.29) is 5.88 Å². The number of ether oxygens (including phenoxy) is 2. The van der Waals surface area contributed by atoms with E-state index in [1.54, 1.807) is 6.92 Å². The molecular formula is C24H29ClN4O4. The van der Waals surface area contributed by atoms with Crippen molar-refractivity contribution in [2.45, 2.75) is 33.1 Å². The summed E-state index contributed by atoms with van der Waals surface area (Å²) in [5.74, 6) is 0.796. The molecule has 0 spiro atoms. The number of hydrogen-bond donors (Lipinski definition) is 0. The van der Waals surface area contributed by atoms with Crippen LogP contribution in [0.5, 0.6) is 5.75 Å². The number of carbonyl (C=O) groups excluding carboxylic acids is 1. The minimum Gasteiger partial charge on any atom is -0.465 e. The molecule has 3 rings (SSSR count). The summed E-state index contributed by atoms with van der Waals surface area (Å²) in [6, 6.07) is 17.7. The van der Waals surface area contributed by atoms with Gasteiger partial charge in [-0.2, -0.15) is 10.2 Å². The molecule has 1 amide bonds. The Morgan fingerprint density at radius 2 is 1.79 bits per heavy atom. The van der Waals surface area contributed by atoms with Crippen LogP contribution in [0, 0.1) is 5.41 Å². The van der Waals surface area contributed by atoms with E-state index < -0.39 is 23.8 Å². The number of rotatable bonds is 10. The highest BCUT2D eigenvalue weighted by molar-refractivity contribution is 6.18. The SMILES string of the molecule is CCON(C)C(=O)OC(C(Oc1ccc(-c2ccccc2)cc1)n1cncn1)C(C)(C)CCl. The first-order valence-corrected chi connectivity index (χ1v) is 11.2. The lowest BCUT2D eigenvalue weighted by Gasteiger charge is -2.37. The Morgan fingerprint density at radius 3 is 2.36 bits per heavy atom. The van der Waals surface area contributed by atoms with E-state index in [1.165, 1.54) is 24.4 Å². The highest BCUT2D eigenvalue weighted by Gasteiger charge is 2.42. The average Bonchev–Trinajstić information content (AvgIpc) is 3.37. The predicted molar refractivity (Wildman–Crippen MR) is 126 cm³/mol.